The maximum Gasteiger partial charge on any atom is 0.244 e. The van der Waals surface area contributed by atoms with Crippen LogP contribution in [0.1, 0.15) is 19.8 Å². The van der Waals surface area contributed by atoms with Crippen LogP contribution in [0.2, 0.25) is 0 Å². The van der Waals surface area contributed by atoms with Crippen LogP contribution in [0.15, 0.2) is 36.4 Å². The molecule has 6 nitrogen and oxygen atoms in total. The molecule has 1 saturated heterocycles. The molecule has 1 aliphatic carbocycles. The standard InChI is InChI=1S/C18H20N2O4/c1-2-24-15-10-6-5-9-14(15)19-16(21)11-20-17(22)12-7-3-4-8-13(12)18(20)23/h3-6,9-10,12-13H,2,7-8,11H2,1H3,(H,19,21)/t12-,13-/m0/s1. The van der Waals surface area contributed by atoms with Crippen LogP contribution in [-0.2, 0) is 14.4 Å². The predicted molar refractivity (Wildman–Crippen MR) is 88.3 cm³/mol. The van der Waals surface area contributed by atoms with Gasteiger partial charge in [0.2, 0.25) is 17.7 Å². The van der Waals surface area contributed by atoms with Gasteiger partial charge in [-0.2, -0.15) is 0 Å². The number of ether oxygens (including phenoxy) is 1. The van der Waals surface area contributed by atoms with E-state index in [1.165, 1.54) is 0 Å². The maximum atomic E-state index is 12.4. The van der Waals surface area contributed by atoms with Crippen molar-refractivity contribution in [3.63, 3.8) is 0 Å². The van der Waals surface area contributed by atoms with Crippen molar-refractivity contribution in [2.75, 3.05) is 18.5 Å². The number of nitrogens with one attached hydrogen (secondary N) is 1. The fourth-order valence-corrected chi connectivity index (χ4v) is 3.21. The van der Waals surface area contributed by atoms with E-state index in [4.69, 9.17) is 4.74 Å². The summed E-state index contributed by atoms with van der Waals surface area (Å²) in [7, 11) is 0. The lowest BCUT2D eigenvalue weighted by Gasteiger charge is -2.16. The van der Waals surface area contributed by atoms with Crippen LogP contribution in [0, 0.1) is 11.8 Å². The zero-order valence-electron chi connectivity index (χ0n) is 13.5. The Morgan fingerprint density at radius 1 is 1.17 bits per heavy atom. The molecule has 2 atom stereocenters. The number of carbonyl (C=O) groups excluding carboxylic acids is 3. The Kier molecular flexibility index (Phi) is 4.64. The highest BCUT2D eigenvalue weighted by Crippen LogP contribution is 2.35. The number of hydrogen-bond acceptors (Lipinski definition) is 4. The lowest BCUT2D eigenvalue weighted by Crippen LogP contribution is -2.38. The van der Waals surface area contributed by atoms with Crippen molar-refractivity contribution in [2.45, 2.75) is 19.8 Å². The van der Waals surface area contributed by atoms with Crippen molar-refractivity contribution in [3.05, 3.63) is 36.4 Å². The Morgan fingerprint density at radius 3 is 2.42 bits per heavy atom. The second kappa shape index (κ2) is 6.86. The van der Waals surface area contributed by atoms with Gasteiger partial charge < -0.3 is 10.1 Å². The summed E-state index contributed by atoms with van der Waals surface area (Å²) in [5.41, 5.74) is 0.530. The highest BCUT2D eigenvalue weighted by molar-refractivity contribution is 6.09. The van der Waals surface area contributed by atoms with Crippen LogP contribution in [-0.4, -0.2) is 35.8 Å². The average molecular weight is 328 g/mol. The van der Waals surface area contributed by atoms with Gasteiger partial charge in [0.15, 0.2) is 0 Å². The number of imide groups is 1. The van der Waals surface area contributed by atoms with E-state index < -0.39 is 5.91 Å². The Hall–Kier alpha value is -2.63. The third-order valence-electron chi connectivity index (χ3n) is 4.36. The lowest BCUT2D eigenvalue weighted by atomic mass is 9.85. The van der Waals surface area contributed by atoms with E-state index in [-0.39, 0.29) is 30.2 Å². The van der Waals surface area contributed by atoms with Gasteiger partial charge in [-0.15, -0.1) is 0 Å². The van der Waals surface area contributed by atoms with Gasteiger partial charge in [0.05, 0.1) is 24.1 Å². The number of rotatable bonds is 5. The number of likely N-dealkylation sites (tertiary alicyclic amines) is 1. The summed E-state index contributed by atoms with van der Waals surface area (Å²) in [6.45, 7) is 2.08. The van der Waals surface area contributed by atoms with E-state index in [1.54, 1.807) is 18.2 Å². The summed E-state index contributed by atoms with van der Waals surface area (Å²) in [6.07, 6.45) is 4.99. The van der Waals surface area contributed by atoms with Crippen LogP contribution in [0.25, 0.3) is 0 Å². The summed E-state index contributed by atoms with van der Waals surface area (Å²) in [5.74, 6) is -0.969. The van der Waals surface area contributed by atoms with Gasteiger partial charge in [0, 0.05) is 0 Å². The molecule has 126 valence electrons. The van der Waals surface area contributed by atoms with Gasteiger partial charge in [-0.05, 0) is 31.9 Å². The first-order valence-corrected chi connectivity index (χ1v) is 8.13. The summed E-state index contributed by atoms with van der Waals surface area (Å²) >= 11 is 0. The Morgan fingerprint density at radius 2 is 1.79 bits per heavy atom. The molecule has 1 heterocycles. The van der Waals surface area contributed by atoms with Gasteiger partial charge >= 0.3 is 0 Å². The highest BCUT2D eigenvalue weighted by Gasteiger charge is 2.47. The van der Waals surface area contributed by atoms with Gasteiger partial charge in [-0.1, -0.05) is 24.3 Å². The second-order valence-electron chi connectivity index (χ2n) is 5.90. The maximum absolute atomic E-state index is 12.4. The molecule has 0 radical (unpaired) electrons. The summed E-state index contributed by atoms with van der Waals surface area (Å²) < 4.78 is 5.46. The molecule has 1 fully saturated rings. The number of allylic oxidation sites excluding steroid dienone is 2. The quantitative estimate of drug-likeness (QED) is 0.662. The first-order valence-electron chi connectivity index (χ1n) is 8.13. The predicted octanol–water partition coefficient (Wildman–Crippen LogP) is 1.97. The van der Waals surface area contributed by atoms with Crippen molar-refractivity contribution in [1.82, 2.24) is 4.90 Å². The highest BCUT2D eigenvalue weighted by atomic mass is 16.5. The largest absolute Gasteiger partial charge is 0.492 e. The molecule has 1 aliphatic heterocycles. The molecule has 3 amide bonds. The zero-order valence-corrected chi connectivity index (χ0v) is 13.5. The van der Waals surface area contributed by atoms with Crippen LogP contribution >= 0.6 is 0 Å². The number of anilines is 1. The van der Waals surface area contributed by atoms with Crippen LogP contribution in [0.4, 0.5) is 5.69 Å². The number of amides is 3. The van der Waals surface area contributed by atoms with Crippen LogP contribution < -0.4 is 10.1 Å². The topological polar surface area (TPSA) is 75.7 Å². The molecule has 2 aliphatic rings. The van der Waals surface area contributed by atoms with Crippen molar-refractivity contribution in [3.8, 4) is 5.75 Å². The molecule has 1 aromatic carbocycles. The molecule has 1 aromatic rings. The molecule has 0 saturated carbocycles. The van der Waals surface area contributed by atoms with Crippen molar-refractivity contribution in [2.24, 2.45) is 11.8 Å². The lowest BCUT2D eigenvalue weighted by molar-refractivity contribution is -0.142. The number of carbonyl (C=O) groups is 3. The third kappa shape index (κ3) is 3.04. The van der Waals surface area contributed by atoms with E-state index in [1.807, 2.05) is 25.1 Å². The molecule has 3 rings (SSSR count). The fourth-order valence-electron chi connectivity index (χ4n) is 3.21. The third-order valence-corrected chi connectivity index (χ3v) is 4.36. The molecular weight excluding hydrogens is 308 g/mol. The first-order chi connectivity index (χ1) is 11.6. The Labute approximate surface area is 140 Å². The molecule has 0 bridgehead atoms. The molecule has 0 unspecified atom stereocenters. The SMILES string of the molecule is CCOc1ccccc1NC(=O)CN1C(=O)[C@H]2CC=CC[C@@H]2C1=O. The Balaban J connectivity index is 1.67. The van der Waals surface area contributed by atoms with Gasteiger partial charge in [-0.3, -0.25) is 19.3 Å². The fraction of sp³-hybridized carbons (Fsp3) is 0.389. The van der Waals surface area contributed by atoms with Crippen LogP contribution in [0.5, 0.6) is 5.75 Å². The second-order valence-corrected chi connectivity index (χ2v) is 5.90. The van der Waals surface area contributed by atoms with E-state index in [2.05, 4.69) is 5.32 Å². The summed E-state index contributed by atoms with van der Waals surface area (Å²) in [4.78, 5) is 38.1. The van der Waals surface area contributed by atoms with E-state index >= 15 is 0 Å². The van der Waals surface area contributed by atoms with Crippen molar-refractivity contribution in [1.29, 1.82) is 0 Å². The number of para-hydroxylation sites is 2. The van der Waals surface area contributed by atoms with E-state index in [0.29, 0.717) is 30.9 Å². The number of benzene rings is 1. The monoisotopic (exact) mass is 328 g/mol. The molecular formula is C18H20N2O4. The van der Waals surface area contributed by atoms with Crippen molar-refractivity contribution < 1.29 is 19.1 Å². The van der Waals surface area contributed by atoms with E-state index in [9.17, 15) is 14.4 Å². The smallest absolute Gasteiger partial charge is 0.244 e. The number of nitrogens with zero attached hydrogens (tertiary/aromatic N) is 1. The average Bonchev–Trinajstić information content (AvgIpc) is 2.82. The summed E-state index contributed by atoms with van der Waals surface area (Å²) in [6, 6.07) is 7.07. The minimum absolute atomic E-state index is 0.248. The molecule has 1 N–H and O–H groups in total. The first kappa shape index (κ1) is 16.2. The molecule has 0 spiro atoms. The van der Waals surface area contributed by atoms with E-state index in [0.717, 1.165) is 4.90 Å². The summed E-state index contributed by atoms with van der Waals surface area (Å²) in [5, 5.41) is 2.72. The normalized spacial score (nSPS) is 22.5. The van der Waals surface area contributed by atoms with Gasteiger partial charge in [-0.25, -0.2) is 0 Å². The minimum atomic E-state index is -0.407. The molecule has 24 heavy (non-hydrogen) atoms. The van der Waals surface area contributed by atoms with Crippen molar-refractivity contribution >= 4 is 23.4 Å². The molecule has 0 aromatic heterocycles. The van der Waals surface area contributed by atoms with Gasteiger partial charge in [0.1, 0.15) is 12.3 Å². The minimum Gasteiger partial charge on any atom is -0.492 e. The molecule has 6 heteroatoms. The number of fused-ring (bicyclic) bond motifs is 1. The Bertz CT molecular complexity index is 672. The number of hydrogen-bond donors (Lipinski definition) is 1. The zero-order chi connectivity index (χ0) is 17.1. The van der Waals surface area contributed by atoms with Gasteiger partial charge in [0.25, 0.3) is 0 Å². The van der Waals surface area contributed by atoms with Crippen LogP contribution in [0.3, 0.4) is 0 Å².